The van der Waals surface area contributed by atoms with Crippen molar-refractivity contribution in [3.05, 3.63) is 10.6 Å². The number of carbonyl (C=O) groups is 1. The van der Waals surface area contributed by atoms with E-state index >= 15 is 0 Å². The minimum Gasteiger partial charge on any atom is -0.375 e. The molecule has 1 saturated heterocycles. The second-order valence-corrected chi connectivity index (χ2v) is 6.10. The van der Waals surface area contributed by atoms with Gasteiger partial charge in [0.2, 0.25) is 0 Å². The molecule has 0 radical (unpaired) electrons. The first-order valence-electron chi connectivity index (χ1n) is 6.37. The van der Waals surface area contributed by atoms with E-state index in [0.717, 1.165) is 19.6 Å². The number of hydrogen-bond acceptors (Lipinski definition) is 6. The van der Waals surface area contributed by atoms with Gasteiger partial charge >= 0.3 is 0 Å². The monoisotopic (exact) mass is 283 g/mol. The molecule has 1 aliphatic rings. The Morgan fingerprint density at radius 1 is 1.53 bits per heavy atom. The van der Waals surface area contributed by atoms with Gasteiger partial charge in [0, 0.05) is 32.2 Å². The molecular formula is C12H21N5OS. The van der Waals surface area contributed by atoms with Crippen LogP contribution in [-0.4, -0.2) is 67.0 Å². The summed E-state index contributed by atoms with van der Waals surface area (Å²) in [5.74, 6) is -0.0756. The Morgan fingerprint density at radius 3 is 2.89 bits per heavy atom. The lowest BCUT2D eigenvalue weighted by molar-refractivity contribution is 0.0884. The van der Waals surface area contributed by atoms with E-state index < -0.39 is 0 Å². The fourth-order valence-corrected chi connectivity index (χ4v) is 2.99. The van der Waals surface area contributed by atoms with Crippen LogP contribution in [0.15, 0.2) is 0 Å². The van der Waals surface area contributed by atoms with E-state index in [0.29, 0.717) is 28.3 Å². The topological polar surface area (TPSA) is 74.5 Å². The molecule has 7 heteroatoms. The fraction of sp³-hybridized carbons (Fsp3) is 0.667. The average Bonchev–Trinajstić information content (AvgIpc) is 2.69. The van der Waals surface area contributed by atoms with Gasteiger partial charge in [-0.25, -0.2) is 4.98 Å². The highest BCUT2D eigenvalue weighted by atomic mass is 32.1. The molecule has 19 heavy (non-hydrogen) atoms. The predicted octanol–water partition coefficient (Wildman–Crippen LogP) is 0.00932. The average molecular weight is 283 g/mol. The first-order valence-corrected chi connectivity index (χ1v) is 7.19. The van der Waals surface area contributed by atoms with Gasteiger partial charge in [-0.3, -0.25) is 9.69 Å². The largest absolute Gasteiger partial charge is 0.375 e. The minimum atomic E-state index is -0.0756. The number of aryl methyl sites for hydroxylation is 1. The molecule has 1 amide bonds. The number of amides is 1. The van der Waals surface area contributed by atoms with Gasteiger partial charge in [0.25, 0.3) is 5.91 Å². The lowest BCUT2D eigenvalue weighted by atomic mass is 10.2. The quantitative estimate of drug-likeness (QED) is 0.817. The highest BCUT2D eigenvalue weighted by Crippen LogP contribution is 2.19. The number of nitrogen functional groups attached to an aromatic ring is 1. The van der Waals surface area contributed by atoms with Crippen molar-refractivity contribution < 1.29 is 4.79 Å². The molecule has 1 aromatic heterocycles. The van der Waals surface area contributed by atoms with Crippen molar-refractivity contribution in [1.29, 1.82) is 0 Å². The molecule has 0 spiro atoms. The first kappa shape index (κ1) is 14.2. The van der Waals surface area contributed by atoms with Gasteiger partial charge in [-0.15, -0.1) is 0 Å². The number of piperazine rings is 1. The lowest BCUT2D eigenvalue weighted by Gasteiger charge is -2.37. The predicted molar refractivity (Wildman–Crippen MR) is 77.5 cm³/mol. The molecule has 1 aliphatic heterocycles. The van der Waals surface area contributed by atoms with Crippen LogP contribution in [0.3, 0.4) is 0 Å². The molecule has 106 valence electrons. The third-order valence-corrected chi connectivity index (χ3v) is 4.48. The van der Waals surface area contributed by atoms with Crippen LogP contribution in [0.4, 0.5) is 5.13 Å². The van der Waals surface area contributed by atoms with Crippen LogP contribution < -0.4 is 11.1 Å². The molecule has 1 fully saturated rings. The summed E-state index contributed by atoms with van der Waals surface area (Å²) >= 11 is 1.24. The summed E-state index contributed by atoms with van der Waals surface area (Å²) < 4.78 is 0. The van der Waals surface area contributed by atoms with Crippen molar-refractivity contribution in [1.82, 2.24) is 20.1 Å². The third kappa shape index (κ3) is 3.43. The summed E-state index contributed by atoms with van der Waals surface area (Å²) in [4.78, 5) is 21.3. The zero-order valence-corrected chi connectivity index (χ0v) is 12.5. The van der Waals surface area contributed by atoms with E-state index in [1.54, 1.807) is 0 Å². The highest BCUT2D eigenvalue weighted by molar-refractivity contribution is 7.17. The minimum absolute atomic E-state index is 0.0756. The molecular weight excluding hydrogens is 262 g/mol. The number of nitrogens with one attached hydrogen (secondary N) is 1. The number of nitrogens with two attached hydrogens (primary N) is 1. The number of nitrogens with zero attached hydrogens (tertiary/aromatic N) is 3. The molecule has 0 aromatic carbocycles. The number of hydrogen-bond donors (Lipinski definition) is 2. The zero-order chi connectivity index (χ0) is 14.0. The third-order valence-electron chi connectivity index (χ3n) is 3.50. The number of aromatic nitrogens is 1. The van der Waals surface area contributed by atoms with Crippen molar-refractivity contribution in [2.75, 3.05) is 46.0 Å². The Bertz CT molecular complexity index is 461. The number of rotatable bonds is 3. The van der Waals surface area contributed by atoms with Crippen molar-refractivity contribution in [2.45, 2.75) is 13.0 Å². The van der Waals surface area contributed by atoms with Crippen molar-refractivity contribution in [3.8, 4) is 0 Å². The van der Waals surface area contributed by atoms with Crippen LogP contribution in [-0.2, 0) is 0 Å². The number of likely N-dealkylation sites (N-methyl/N-ethyl adjacent to an activating group) is 2. The molecule has 3 N–H and O–H groups in total. The van der Waals surface area contributed by atoms with Crippen LogP contribution in [0.2, 0.25) is 0 Å². The molecule has 1 aromatic rings. The SMILES string of the molecule is Cc1nc(N)sc1C(=O)NCC1CN(C)CCN1C. The van der Waals surface area contributed by atoms with Crippen LogP contribution in [0.1, 0.15) is 15.4 Å². The molecule has 2 heterocycles. The maximum atomic E-state index is 12.1. The smallest absolute Gasteiger partial charge is 0.263 e. The van der Waals surface area contributed by atoms with Gasteiger partial charge < -0.3 is 16.0 Å². The van der Waals surface area contributed by atoms with E-state index in [-0.39, 0.29) is 5.91 Å². The maximum absolute atomic E-state index is 12.1. The molecule has 0 bridgehead atoms. The summed E-state index contributed by atoms with van der Waals surface area (Å²) in [5, 5.41) is 3.42. The maximum Gasteiger partial charge on any atom is 0.263 e. The second-order valence-electron chi connectivity index (χ2n) is 5.07. The molecule has 6 nitrogen and oxygen atoms in total. The van der Waals surface area contributed by atoms with Gasteiger partial charge in [-0.05, 0) is 21.0 Å². The molecule has 1 atom stereocenters. The van der Waals surface area contributed by atoms with E-state index in [9.17, 15) is 4.79 Å². The Balaban J connectivity index is 1.91. The Labute approximate surface area is 117 Å². The molecule has 1 unspecified atom stereocenters. The zero-order valence-electron chi connectivity index (χ0n) is 11.6. The summed E-state index contributed by atoms with van der Waals surface area (Å²) in [6.45, 7) is 5.54. The molecule has 0 saturated carbocycles. The van der Waals surface area contributed by atoms with Gasteiger partial charge in [0.1, 0.15) is 4.88 Å². The van der Waals surface area contributed by atoms with Crippen LogP contribution in [0.5, 0.6) is 0 Å². The summed E-state index contributed by atoms with van der Waals surface area (Å²) in [5.41, 5.74) is 6.31. The summed E-state index contributed by atoms with van der Waals surface area (Å²) in [6, 6.07) is 0.355. The van der Waals surface area contributed by atoms with E-state index in [2.05, 4.69) is 34.2 Å². The Kier molecular flexibility index (Phi) is 4.38. The van der Waals surface area contributed by atoms with Crippen molar-refractivity contribution in [2.24, 2.45) is 0 Å². The first-order chi connectivity index (χ1) is 8.97. The Hall–Kier alpha value is -1.18. The lowest BCUT2D eigenvalue weighted by Crippen LogP contribution is -2.54. The van der Waals surface area contributed by atoms with Crippen molar-refractivity contribution in [3.63, 3.8) is 0 Å². The van der Waals surface area contributed by atoms with Crippen molar-refractivity contribution >= 4 is 22.4 Å². The number of anilines is 1. The van der Waals surface area contributed by atoms with Gasteiger partial charge in [0.15, 0.2) is 5.13 Å². The standard InChI is InChI=1S/C12H21N5OS/c1-8-10(19-12(13)15-8)11(18)14-6-9-7-16(2)4-5-17(9)3/h9H,4-7H2,1-3H3,(H2,13,15)(H,14,18). The molecule has 0 aliphatic carbocycles. The normalized spacial score (nSPS) is 21.5. The van der Waals surface area contributed by atoms with Gasteiger partial charge in [-0.1, -0.05) is 11.3 Å². The van der Waals surface area contributed by atoms with E-state index in [1.807, 2.05) is 6.92 Å². The van der Waals surface area contributed by atoms with Gasteiger partial charge in [-0.2, -0.15) is 0 Å². The fourth-order valence-electron chi connectivity index (χ4n) is 2.24. The van der Waals surface area contributed by atoms with Crippen LogP contribution in [0, 0.1) is 6.92 Å². The van der Waals surface area contributed by atoms with E-state index in [4.69, 9.17) is 5.73 Å². The summed E-state index contributed by atoms with van der Waals surface area (Å²) in [7, 11) is 4.20. The molecule has 2 rings (SSSR count). The Morgan fingerprint density at radius 2 is 2.26 bits per heavy atom. The summed E-state index contributed by atoms with van der Waals surface area (Å²) in [6.07, 6.45) is 0. The highest BCUT2D eigenvalue weighted by Gasteiger charge is 2.23. The van der Waals surface area contributed by atoms with Crippen LogP contribution in [0.25, 0.3) is 0 Å². The van der Waals surface area contributed by atoms with Gasteiger partial charge in [0.05, 0.1) is 5.69 Å². The second kappa shape index (κ2) is 5.85. The van der Waals surface area contributed by atoms with Crippen LogP contribution >= 0.6 is 11.3 Å². The van der Waals surface area contributed by atoms with E-state index in [1.165, 1.54) is 11.3 Å². The number of carbonyl (C=O) groups excluding carboxylic acids is 1. The number of thiazole rings is 1.